The molecule has 0 saturated carbocycles. The van der Waals surface area contributed by atoms with E-state index in [0.29, 0.717) is 12.8 Å². The summed E-state index contributed by atoms with van der Waals surface area (Å²) < 4.78 is 20.2. The molecule has 0 aliphatic rings. The van der Waals surface area contributed by atoms with Gasteiger partial charge in [0.1, 0.15) is 54.4 Å². The Balaban J connectivity index is 1.66. The zero-order chi connectivity index (χ0) is 54.9. The maximum Gasteiger partial charge on any atom is 0.328 e. The van der Waals surface area contributed by atoms with Crippen molar-refractivity contribution in [2.24, 2.45) is 0 Å². The Bertz CT molecular complexity index is 2170. The van der Waals surface area contributed by atoms with Gasteiger partial charge in [-0.15, -0.1) is 0 Å². The van der Waals surface area contributed by atoms with Crippen molar-refractivity contribution in [3.63, 3.8) is 0 Å². The second-order valence-corrected chi connectivity index (χ2v) is 23.0. The third-order valence-corrected chi connectivity index (χ3v) is 18.2. The molecule has 4 atom stereocenters. The van der Waals surface area contributed by atoms with Gasteiger partial charge in [0.05, 0.1) is 38.6 Å². The number of amides is 5. The molecule has 0 aliphatic carbocycles. The number of hydrogen-bond acceptors (Lipinski definition) is 16. The number of carbonyl (C=O) groups excluding carboxylic acids is 9. The Kier molecular flexibility index (Phi) is 30.4. The summed E-state index contributed by atoms with van der Waals surface area (Å²) in [6.07, 6.45) is 2.49. The first-order chi connectivity index (χ1) is 36.2. The highest BCUT2D eigenvalue weighted by Crippen LogP contribution is 2.56. The first-order valence-corrected chi connectivity index (χ1v) is 29.7. The van der Waals surface area contributed by atoms with Crippen molar-refractivity contribution in [3.8, 4) is 0 Å². The van der Waals surface area contributed by atoms with Crippen LogP contribution in [0.5, 0.6) is 0 Å². The number of rotatable bonds is 36. The highest BCUT2D eigenvalue weighted by molar-refractivity contribution is 8.76. The van der Waals surface area contributed by atoms with Gasteiger partial charge in [-0.3, -0.25) is 33.6 Å². The van der Waals surface area contributed by atoms with E-state index in [1.165, 1.54) is 33.6 Å². The number of hydrogen-bond donors (Lipinski definition) is 6. The van der Waals surface area contributed by atoms with Crippen LogP contribution < -0.4 is 47.8 Å². The minimum absolute atomic E-state index is 0.0361. The van der Waals surface area contributed by atoms with Crippen LogP contribution in [0.15, 0.2) is 91.0 Å². The van der Waals surface area contributed by atoms with Crippen LogP contribution >= 0.6 is 28.9 Å². The molecule has 0 saturated heterocycles. The molecule has 75 heavy (non-hydrogen) atoms. The first kappa shape index (κ1) is 63.3. The molecule has 0 bridgehead atoms. The fourth-order valence-electron chi connectivity index (χ4n) is 7.77. The van der Waals surface area contributed by atoms with Crippen LogP contribution in [0, 0.1) is 0 Å². The Morgan fingerprint density at radius 2 is 0.920 bits per heavy atom. The summed E-state index contributed by atoms with van der Waals surface area (Å²) in [5.41, 5.74) is 0. The summed E-state index contributed by atoms with van der Waals surface area (Å²) in [6, 6.07) is 27.4. The van der Waals surface area contributed by atoms with Crippen LogP contribution in [-0.4, -0.2) is 141 Å². The molecule has 3 rings (SSSR count). The van der Waals surface area contributed by atoms with Gasteiger partial charge < -0.3 is 50.8 Å². The van der Waals surface area contributed by atoms with Gasteiger partial charge in [0.15, 0.2) is 0 Å². The Hall–Kier alpha value is -6.02. The van der Waals surface area contributed by atoms with Gasteiger partial charge in [-0.05, 0) is 103 Å². The van der Waals surface area contributed by atoms with Crippen molar-refractivity contribution >= 4 is 98.2 Å². The number of esters is 4. The molecule has 0 spiro atoms. The molecule has 0 heterocycles. The van der Waals surface area contributed by atoms with Gasteiger partial charge in [0.25, 0.3) is 0 Å². The molecular formula is C53H74N6O13PS2+. The third-order valence-electron chi connectivity index (χ3n) is 11.3. The second kappa shape index (κ2) is 36.0. The Morgan fingerprint density at radius 3 is 1.39 bits per heavy atom. The highest BCUT2D eigenvalue weighted by Gasteiger charge is 2.44. The van der Waals surface area contributed by atoms with Gasteiger partial charge in [0, 0.05) is 31.3 Å². The van der Waals surface area contributed by atoms with Crippen molar-refractivity contribution in [2.45, 2.75) is 104 Å². The van der Waals surface area contributed by atoms with Crippen LogP contribution in [0.1, 0.15) is 79.6 Å². The van der Waals surface area contributed by atoms with Crippen molar-refractivity contribution in [2.75, 3.05) is 63.7 Å². The number of nitrogens with one attached hydrogen (secondary N) is 6. The Labute approximate surface area is 448 Å². The van der Waals surface area contributed by atoms with E-state index in [4.69, 9.17) is 18.9 Å². The molecular weight excluding hydrogens is 1020 g/mol. The standard InChI is InChI=1S/C53H73N6O13PS2/c1-6-69-48(63)34-55-50(65)44(36-74-75-37-45(51(66)56-35-49(64)70-7-2)59-47(62)31-30-43(57-38(5)60)53(68)72-9-4)54-32-21-28-42(52(67)71-8-3)58-46(61)29-19-20-33-73(39-22-13-10-14-23-39,40-24-15-11-16-25-40)41-26-17-12-18-27-41/h10-18,22-27,42-45,54H,6-9,19-21,28-37H2,1-5H3,(H4-,55,56,57,58,59,60,61,62,65,66)/p+1. The van der Waals surface area contributed by atoms with Gasteiger partial charge >= 0.3 is 23.9 Å². The van der Waals surface area contributed by atoms with Crippen molar-refractivity contribution < 1.29 is 62.1 Å². The van der Waals surface area contributed by atoms with E-state index in [0.717, 1.165) is 23.4 Å². The number of carbonyl (C=O) groups is 9. The molecule has 6 N–H and O–H groups in total. The molecule has 4 unspecified atom stereocenters. The molecule has 0 aliphatic heterocycles. The van der Waals surface area contributed by atoms with Crippen molar-refractivity contribution in [1.29, 1.82) is 0 Å². The van der Waals surface area contributed by atoms with Crippen molar-refractivity contribution in [3.05, 3.63) is 91.0 Å². The number of ether oxygens (including phenoxy) is 4. The zero-order valence-electron chi connectivity index (χ0n) is 43.6. The normalized spacial score (nSPS) is 12.6. The summed E-state index contributed by atoms with van der Waals surface area (Å²) in [5.74, 6) is -5.21. The summed E-state index contributed by atoms with van der Waals surface area (Å²) in [4.78, 5) is 115. The fourth-order valence-corrected chi connectivity index (χ4v) is 14.5. The molecule has 22 heteroatoms. The van der Waals surface area contributed by atoms with E-state index in [1.54, 1.807) is 27.7 Å². The average Bonchev–Trinajstić information content (AvgIpc) is 3.40. The predicted octanol–water partition coefficient (Wildman–Crippen LogP) is 3.01. The van der Waals surface area contributed by atoms with Crippen LogP contribution in [0.25, 0.3) is 0 Å². The molecule has 0 aromatic heterocycles. The monoisotopic (exact) mass is 1100 g/mol. The van der Waals surface area contributed by atoms with E-state index in [-0.39, 0.29) is 82.6 Å². The number of benzene rings is 3. The molecule has 3 aromatic rings. The molecule has 410 valence electrons. The lowest BCUT2D eigenvalue weighted by Crippen LogP contribution is -2.50. The lowest BCUT2D eigenvalue weighted by molar-refractivity contribution is -0.148. The number of unbranched alkanes of at least 4 members (excludes halogenated alkanes) is 1. The first-order valence-electron chi connectivity index (χ1n) is 25.3. The second-order valence-electron chi connectivity index (χ2n) is 16.8. The van der Waals surface area contributed by atoms with E-state index in [2.05, 4.69) is 105 Å². The quantitative estimate of drug-likeness (QED) is 0.0161. The van der Waals surface area contributed by atoms with Gasteiger partial charge in [0.2, 0.25) is 29.5 Å². The third kappa shape index (κ3) is 23.2. The fraction of sp³-hybridized carbons (Fsp3) is 0.491. The SMILES string of the molecule is CCOC(=O)CNC(=O)C(CSSCC(NC(=O)CCC(NC(C)=O)C(=O)OCC)C(=O)NCC(=O)OCC)NCCCC(NC(=O)CCCC[P+](c1ccccc1)(c1ccccc1)c1ccccc1)C(=O)OCC. The van der Waals surface area contributed by atoms with Crippen LogP contribution in [-0.2, 0) is 62.1 Å². The van der Waals surface area contributed by atoms with E-state index < -0.39 is 85.5 Å². The smallest absolute Gasteiger partial charge is 0.328 e. The molecule has 0 radical (unpaired) electrons. The lowest BCUT2D eigenvalue weighted by atomic mass is 10.1. The van der Waals surface area contributed by atoms with Crippen LogP contribution in [0.3, 0.4) is 0 Å². The van der Waals surface area contributed by atoms with Gasteiger partial charge in [-0.2, -0.15) is 0 Å². The predicted molar refractivity (Wildman–Crippen MR) is 293 cm³/mol. The molecule has 3 aromatic carbocycles. The minimum Gasteiger partial charge on any atom is -0.465 e. The summed E-state index contributed by atoms with van der Waals surface area (Å²) >= 11 is 0. The van der Waals surface area contributed by atoms with Crippen LogP contribution in [0.4, 0.5) is 0 Å². The maximum atomic E-state index is 13.5. The minimum atomic E-state index is -2.09. The van der Waals surface area contributed by atoms with E-state index in [9.17, 15) is 43.2 Å². The zero-order valence-corrected chi connectivity index (χ0v) is 46.1. The van der Waals surface area contributed by atoms with E-state index >= 15 is 0 Å². The van der Waals surface area contributed by atoms with Crippen LogP contribution in [0.2, 0.25) is 0 Å². The molecule has 5 amide bonds. The van der Waals surface area contributed by atoms with Gasteiger partial charge in [-0.25, -0.2) is 9.59 Å². The largest absolute Gasteiger partial charge is 0.465 e. The van der Waals surface area contributed by atoms with E-state index in [1.807, 2.05) is 18.2 Å². The topological polar surface area (TPSA) is 263 Å². The summed E-state index contributed by atoms with van der Waals surface area (Å²) in [5, 5.41) is 19.9. The maximum absolute atomic E-state index is 13.5. The molecule has 0 fully saturated rings. The van der Waals surface area contributed by atoms with Gasteiger partial charge in [-0.1, -0.05) is 76.2 Å². The highest BCUT2D eigenvalue weighted by atomic mass is 33.1. The lowest BCUT2D eigenvalue weighted by Gasteiger charge is -2.27. The Morgan fingerprint density at radius 1 is 0.493 bits per heavy atom. The average molecular weight is 1100 g/mol. The van der Waals surface area contributed by atoms with Crippen molar-refractivity contribution in [1.82, 2.24) is 31.9 Å². The summed E-state index contributed by atoms with van der Waals surface area (Å²) in [6.45, 7) is 7.48. The summed E-state index contributed by atoms with van der Waals surface area (Å²) in [7, 11) is 0.231. The molecule has 19 nitrogen and oxygen atoms in total.